The molecule has 0 aromatic carbocycles. The second-order valence-electron chi connectivity index (χ2n) is 3.86. The molecule has 16 heavy (non-hydrogen) atoms. The van der Waals surface area contributed by atoms with E-state index in [1.54, 1.807) is 0 Å². The minimum Gasteiger partial charge on any atom is -0.264 e. The van der Waals surface area contributed by atoms with Gasteiger partial charge in [0, 0.05) is 24.8 Å². The molecule has 2 aromatic heterocycles. The molecule has 0 spiro atoms. The summed E-state index contributed by atoms with van der Waals surface area (Å²) >= 11 is 0. The Hall–Kier alpha value is -1.70. The van der Waals surface area contributed by atoms with E-state index in [9.17, 15) is 0 Å². The molecule has 2 nitrogen and oxygen atoms in total. The highest BCUT2D eigenvalue weighted by atomic mass is 14.6. The van der Waals surface area contributed by atoms with Crippen molar-refractivity contribution in [3.63, 3.8) is 0 Å². The average Bonchev–Trinajstić information content (AvgIpc) is 2.38. The van der Waals surface area contributed by atoms with Gasteiger partial charge in [0.1, 0.15) is 0 Å². The van der Waals surface area contributed by atoms with Crippen LogP contribution < -0.4 is 0 Å². The molecule has 2 aromatic rings. The van der Waals surface area contributed by atoms with Crippen LogP contribution in [0.2, 0.25) is 0 Å². The molecule has 0 saturated carbocycles. The number of hydrogen-bond acceptors (Lipinski definition) is 2. The zero-order valence-corrected chi connectivity index (χ0v) is 9.56. The van der Waals surface area contributed by atoms with Crippen molar-refractivity contribution >= 4 is 0 Å². The number of aryl methyl sites for hydroxylation is 3. The molecule has 0 aliphatic rings. The van der Waals surface area contributed by atoms with Gasteiger partial charge in [-0.3, -0.25) is 9.97 Å². The van der Waals surface area contributed by atoms with Gasteiger partial charge in [-0.25, -0.2) is 0 Å². The molecule has 0 unspecified atom stereocenters. The summed E-state index contributed by atoms with van der Waals surface area (Å²) in [5.74, 6) is 0. The fraction of sp³-hybridized carbons (Fsp3) is 0.286. The van der Waals surface area contributed by atoms with Gasteiger partial charge in [-0.1, -0.05) is 13.0 Å². The summed E-state index contributed by atoms with van der Waals surface area (Å²) in [7, 11) is 0. The van der Waals surface area contributed by atoms with Crippen LogP contribution in [-0.2, 0) is 19.3 Å². The lowest BCUT2D eigenvalue weighted by Crippen LogP contribution is -1.97. The number of hydrogen-bond donors (Lipinski definition) is 0. The first-order chi connectivity index (χ1) is 7.90. The maximum absolute atomic E-state index is 4.16. The molecule has 0 amide bonds. The molecule has 0 radical (unpaired) electrons. The highest BCUT2D eigenvalue weighted by Crippen LogP contribution is 2.11. The molecule has 0 fully saturated rings. The number of aromatic nitrogens is 2. The third-order valence-electron chi connectivity index (χ3n) is 2.79. The van der Waals surface area contributed by atoms with Crippen molar-refractivity contribution < 1.29 is 0 Å². The smallest absolute Gasteiger partial charge is 0.0302 e. The minimum atomic E-state index is 1.05. The van der Waals surface area contributed by atoms with Crippen LogP contribution >= 0.6 is 0 Å². The lowest BCUT2D eigenvalue weighted by atomic mass is 10.0. The number of rotatable bonds is 4. The molecule has 2 rings (SSSR count). The highest BCUT2D eigenvalue weighted by molar-refractivity contribution is 5.24. The fourth-order valence-corrected chi connectivity index (χ4v) is 1.84. The van der Waals surface area contributed by atoms with Gasteiger partial charge in [0.15, 0.2) is 0 Å². The second-order valence-corrected chi connectivity index (χ2v) is 3.86. The molecule has 2 heteroatoms. The van der Waals surface area contributed by atoms with E-state index in [0.29, 0.717) is 0 Å². The van der Waals surface area contributed by atoms with Crippen LogP contribution in [0.25, 0.3) is 0 Å². The van der Waals surface area contributed by atoms with Gasteiger partial charge in [0.2, 0.25) is 0 Å². The molecule has 0 atom stereocenters. The van der Waals surface area contributed by atoms with Crippen molar-refractivity contribution in [1.29, 1.82) is 0 Å². The van der Waals surface area contributed by atoms with E-state index < -0.39 is 0 Å². The summed E-state index contributed by atoms with van der Waals surface area (Å²) in [4.78, 5) is 8.29. The lowest BCUT2D eigenvalue weighted by Gasteiger charge is -2.06. The molecule has 82 valence electrons. The Bertz CT molecular complexity index is 437. The van der Waals surface area contributed by atoms with Crippen LogP contribution in [0.1, 0.15) is 23.6 Å². The molecule has 0 bridgehead atoms. The van der Waals surface area contributed by atoms with Crippen molar-refractivity contribution in [3.8, 4) is 0 Å². The van der Waals surface area contributed by atoms with Gasteiger partial charge in [-0.15, -0.1) is 0 Å². The Labute approximate surface area is 96.4 Å². The van der Waals surface area contributed by atoms with Gasteiger partial charge in [0.25, 0.3) is 0 Å². The van der Waals surface area contributed by atoms with E-state index in [1.165, 1.54) is 16.7 Å². The van der Waals surface area contributed by atoms with E-state index in [-0.39, 0.29) is 0 Å². The third-order valence-corrected chi connectivity index (χ3v) is 2.79. The fourth-order valence-electron chi connectivity index (χ4n) is 1.84. The van der Waals surface area contributed by atoms with E-state index in [0.717, 1.165) is 19.3 Å². The average molecular weight is 212 g/mol. The zero-order chi connectivity index (χ0) is 11.2. The van der Waals surface area contributed by atoms with Gasteiger partial charge < -0.3 is 0 Å². The number of pyridine rings is 2. The Morgan fingerprint density at radius 2 is 1.81 bits per heavy atom. The summed E-state index contributed by atoms with van der Waals surface area (Å²) in [5.41, 5.74) is 4.05. The van der Waals surface area contributed by atoms with Crippen LogP contribution in [0.3, 0.4) is 0 Å². The van der Waals surface area contributed by atoms with Crippen LogP contribution in [-0.4, -0.2) is 9.97 Å². The van der Waals surface area contributed by atoms with E-state index >= 15 is 0 Å². The minimum absolute atomic E-state index is 1.05. The predicted octanol–water partition coefficient (Wildman–Crippen LogP) is 2.82. The van der Waals surface area contributed by atoms with Crippen LogP contribution in [0.5, 0.6) is 0 Å². The van der Waals surface area contributed by atoms with Crippen LogP contribution in [0, 0.1) is 0 Å². The Balaban J connectivity index is 2.05. The summed E-state index contributed by atoms with van der Waals surface area (Å²) in [6.07, 6.45) is 10.8. The largest absolute Gasteiger partial charge is 0.264 e. The Morgan fingerprint density at radius 1 is 0.938 bits per heavy atom. The van der Waals surface area contributed by atoms with E-state index in [2.05, 4.69) is 29.0 Å². The van der Waals surface area contributed by atoms with Gasteiger partial charge >= 0.3 is 0 Å². The molecule has 0 aliphatic carbocycles. The quantitative estimate of drug-likeness (QED) is 0.778. The summed E-state index contributed by atoms with van der Waals surface area (Å²) in [6, 6.07) is 6.23. The predicted molar refractivity (Wildman–Crippen MR) is 65.3 cm³/mol. The van der Waals surface area contributed by atoms with Crippen molar-refractivity contribution in [1.82, 2.24) is 9.97 Å². The summed E-state index contributed by atoms with van der Waals surface area (Å²) < 4.78 is 0. The van der Waals surface area contributed by atoms with Gasteiger partial charge in [0.05, 0.1) is 0 Å². The summed E-state index contributed by atoms with van der Waals surface area (Å²) in [5, 5.41) is 0. The standard InChI is InChI=1S/C14H16N2/c1-2-13-11-16-9-7-14(13)6-5-12-4-3-8-15-10-12/h3-4,7-11H,2,5-6H2,1H3. The first kappa shape index (κ1) is 10.8. The van der Waals surface area contributed by atoms with E-state index in [1.807, 2.05) is 30.9 Å². The van der Waals surface area contributed by atoms with Crippen molar-refractivity contribution in [2.75, 3.05) is 0 Å². The second kappa shape index (κ2) is 5.40. The molecular formula is C14H16N2. The lowest BCUT2D eigenvalue weighted by molar-refractivity contribution is 0.915. The molecule has 2 heterocycles. The Morgan fingerprint density at radius 3 is 2.56 bits per heavy atom. The molecule has 0 aliphatic heterocycles. The first-order valence-electron chi connectivity index (χ1n) is 5.71. The van der Waals surface area contributed by atoms with Crippen molar-refractivity contribution in [2.24, 2.45) is 0 Å². The first-order valence-corrected chi connectivity index (χ1v) is 5.71. The number of nitrogens with zero attached hydrogens (tertiary/aromatic N) is 2. The maximum Gasteiger partial charge on any atom is 0.0302 e. The van der Waals surface area contributed by atoms with Crippen molar-refractivity contribution in [2.45, 2.75) is 26.2 Å². The Kier molecular flexibility index (Phi) is 3.65. The van der Waals surface area contributed by atoms with Crippen molar-refractivity contribution in [3.05, 3.63) is 59.7 Å². The molecule has 0 N–H and O–H groups in total. The SMILES string of the molecule is CCc1cnccc1CCc1cccnc1. The third kappa shape index (κ3) is 2.66. The van der Waals surface area contributed by atoms with E-state index in [4.69, 9.17) is 0 Å². The van der Waals surface area contributed by atoms with Crippen LogP contribution in [0.15, 0.2) is 43.0 Å². The zero-order valence-electron chi connectivity index (χ0n) is 9.56. The van der Waals surface area contributed by atoms with Gasteiger partial charge in [-0.2, -0.15) is 0 Å². The summed E-state index contributed by atoms with van der Waals surface area (Å²) in [6.45, 7) is 2.17. The molecular weight excluding hydrogens is 196 g/mol. The van der Waals surface area contributed by atoms with Gasteiger partial charge in [-0.05, 0) is 48.1 Å². The topological polar surface area (TPSA) is 25.8 Å². The maximum atomic E-state index is 4.16. The normalized spacial score (nSPS) is 10.3. The van der Waals surface area contributed by atoms with Crippen LogP contribution in [0.4, 0.5) is 0 Å². The molecule has 0 saturated heterocycles. The monoisotopic (exact) mass is 212 g/mol. The highest BCUT2D eigenvalue weighted by Gasteiger charge is 2.00.